The van der Waals surface area contributed by atoms with Gasteiger partial charge in [0.1, 0.15) is 41.0 Å². The molecule has 12 nitrogen and oxygen atoms in total. The molecule has 0 unspecified atom stereocenters. The summed E-state index contributed by atoms with van der Waals surface area (Å²) in [5, 5.41) is 69.1. The summed E-state index contributed by atoms with van der Waals surface area (Å²) in [6.07, 6.45) is -8.05. The molecule has 1 aliphatic rings. The molecule has 7 N–H and O–H groups in total. The summed E-state index contributed by atoms with van der Waals surface area (Å²) in [5.74, 6) is -2.43. The molecule has 2 aromatic carbocycles. The van der Waals surface area contributed by atoms with Gasteiger partial charge < -0.3 is 54.4 Å². The fraction of sp³-hybridized carbons (Fsp3) is 0.350. The predicted octanol–water partition coefficient (Wildman–Crippen LogP) is -0.750. The van der Waals surface area contributed by atoms with Gasteiger partial charge in [0.2, 0.25) is 17.5 Å². The number of phenolic OH excluding ortho intramolecular Hbond substituents is 3. The van der Waals surface area contributed by atoms with E-state index in [1.165, 1.54) is 13.2 Å². The van der Waals surface area contributed by atoms with Crippen molar-refractivity contribution in [3.8, 4) is 28.7 Å². The van der Waals surface area contributed by atoms with Crippen LogP contribution in [0.1, 0.15) is 0 Å². The molecule has 1 fully saturated rings. The van der Waals surface area contributed by atoms with Crippen molar-refractivity contribution >= 4 is 21.9 Å². The molecule has 0 bridgehead atoms. The third-order valence-electron chi connectivity index (χ3n) is 5.25. The molecule has 2 heterocycles. The second-order valence-corrected chi connectivity index (χ2v) is 7.21. The fourth-order valence-corrected chi connectivity index (χ4v) is 3.52. The number of benzene rings is 2. The highest BCUT2D eigenvalue weighted by Gasteiger charge is 2.45. The maximum absolute atomic E-state index is 13.0. The van der Waals surface area contributed by atoms with E-state index in [1.54, 1.807) is 0 Å². The quantitative estimate of drug-likeness (QED) is 0.193. The molecule has 1 aliphatic heterocycles. The van der Waals surface area contributed by atoms with Crippen LogP contribution < -0.4 is 14.9 Å². The number of fused-ring (bicyclic) bond motifs is 2. The molecule has 172 valence electrons. The summed E-state index contributed by atoms with van der Waals surface area (Å²) in [6, 6.07) is 3.21. The molecule has 4 rings (SSSR count). The summed E-state index contributed by atoms with van der Waals surface area (Å²) in [5.41, 5.74) is -0.972. The number of ether oxygens (including phenoxy) is 3. The number of hydrogen-bond acceptors (Lipinski definition) is 12. The molecule has 1 saturated heterocycles. The van der Waals surface area contributed by atoms with Gasteiger partial charge in [0.05, 0.1) is 19.1 Å². The van der Waals surface area contributed by atoms with Gasteiger partial charge in [0, 0.05) is 12.1 Å². The maximum atomic E-state index is 13.0. The van der Waals surface area contributed by atoms with Crippen LogP contribution in [0.2, 0.25) is 0 Å². The molecule has 12 heteroatoms. The SMILES string of the molecule is COc1cc2oc3cc(O)c(O)cc3c(=O)c2c(O)c1O[C@H]1O[C@H](CO)[C@@H](O)[C@H](O)[C@H]1O. The lowest BCUT2D eigenvalue weighted by molar-refractivity contribution is -0.277. The summed E-state index contributed by atoms with van der Waals surface area (Å²) < 4.78 is 21.5. The Labute approximate surface area is 178 Å². The highest BCUT2D eigenvalue weighted by Crippen LogP contribution is 2.44. The zero-order valence-electron chi connectivity index (χ0n) is 16.5. The molecule has 32 heavy (non-hydrogen) atoms. The molecule has 5 atom stereocenters. The zero-order valence-corrected chi connectivity index (χ0v) is 16.5. The Bertz CT molecular complexity index is 1230. The Hall–Kier alpha value is -3.29. The van der Waals surface area contributed by atoms with E-state index in [4.69, 9.17) is 18.6 Å². The predicted molar refractivity (Wildman–Crippen MR) is 106 cm³/mol. The van der Waals surface area contributed by atoms with Crippen LogP contribution in [0.15, 0.2) is 27.4 Å². The van der Waals surface area contributed by atoms with Gasteiger partial charge in [-0.15, -0.1) is 0 Å². The fourth-order valence-electron chi connectivity index (χ4n) is 3.52. The van der Waals surface area contributed by atoms with Crippen LogP contribution >= 0.6 is 0 Å². The lowest BCUT2D eigenvalue weighted by atomic mass is 9.99. The minimum Gasteiger partial charge on any atom is -0.504 e. The van der Waals surface area contributed by atoms with E-state index in [-0.39, 0.29) is 27.7 Å². The Morgan fingerprint density at radius 1 is 0.969 bits per heavy atom. The number of aromatic hydroxyl groups is 3. The number of phenols is 3. The maximum Gasteiger partial charge on any atom is 0.229 e. The molecule has 0 saturated carbocycles. The number of hydrogen-bond donors (Lipinski definition) is 7. The van der Waals surface area contributed by atoms with Crippen molar-refractivity contribution in [2.24, 2.45) is 0 Å². The van der Waals surface area contributed by atoms with E-state index in [9.17, 15) is 40.5 Å². The lowest BCUT2D eigenvalue weighted by Gasteiger charge is -2.39. The van der Waals surface area contributed by atoms with Crippen LogP contribution in [-0.4, -0.2) is 80.2 Å². The average molecular weight is 452 g/mol. The van der Waals surface area contributed by atoms with E-state index < -0.39 is 65.7 Å². The molecular weight excluding hydrogens is 432 g/mol. The Balaban J connectivity index is 1.87. The molecule has 0 aliphatic carbocycles. The molecular formula is C20H20O12. The third kappa shape index (κ3) is 3.34. The minimum absolute atomic E-state index is 0.0677. The monoisotopic (exact) mass is 452 g/mol. The lowest BCUT2D eigenvalue weighted by Crippen LogP contribution is -2.60. The summed E-state index contributed by atoms with van der Waals surface area (Å²) in [6.45, 7) is -0.697. The van der Waals surface area contributed by atoms with E-state index in [0.717, 1.165) is 12.1 Å². The standard InChI is InChI=1S/C20H20O12/c1-29-11-4-10-13(14(24)6-2-7(22)8(23)3-9(6)30-10)16(26)19(11)32-20-18(28)17(27)15(25)12(5-21)31-20/h2-4,12,15,17-18,20-23,25-28H,5H2,1H3/t12-,15-,17+,18-,20-/m1/s1. The number of rotatable bonds is 4. The van der Waals surface area contributed by atoms with Crippen molar-refractivity contribution in [1.29, 1.82) is 0 Å². The number of aliphatic hydroxyl groups is 4. The van der Waals surface area contributed by atoms with Crippen LogP contribution in [-0.2, 0) is 4.74 Å². The summed E-state index contributed by atoms with van der Waals surface area (Å²) in [4.78, 5) is 13.0. The highest BCUT2D eigenvalue weighted by molar-refractivity contribution is 5.96. The van der Waals surface area contributed by atoms with Crippen molar-refractivity contribution in [3.05, 3.63) is 28.4 Å². The summed E-state index contributed by atoms with van der Waals surface area (Å²) in [7, 11) is 1.23. The van der Waals surface area contributed by atoms with Crippen LogP contribution in [0.4, 0.5) is 0 Å². The van der Waals surface area contributed by atoms with Gasteiger partial charge in [-0.05, 0) is 6.07 Å². The van der Waals surface area contributed by atoms with E-state index in [1.807, 2.05) is 0 Å². The van der Waals surface area contributed by atoms with Gasteiger partial charge >= 0.3 is 0 Å². The van der Waals surface area contributed by atoms with E-state index in [0.29, 0.717) is 0 Å². The number of aliphatic hydroxyl groups excluding tert-OH is 4. The second-order valence-electron chi connectivity index (χ2n) is 7.21. The average Bonchev–Trinajstić information content (AvgIpc) is 2.76. The molecule has 0 spiro atoms. The topological polar surface area (TPSA) is 200 Å². The van der Waals surface area contributed by atoms with Gasteiger partial charge in [-0.3, -0.25) is 4.79 Å². The van der Waals surface area contributed by atoms with Crippen molar-refractivity contribution in [2.75, 3.05) is 13.7 Å². The largest absolute Gasteiger partial charge is 0.504 e. The molecule has 1 aromatic heterocycles. The van der Waals surface area contributed by atoms with Crippen LogP contribution in [0, 0.1) is 0 Å². The summed E-state index contributed by atoms with van der Waals surface area (Å²) >= 11 is 0. The first-order valence-corrected chi connectivity index (χ1v) is 9.37. The third-order valence-corrected chi connectivity index (χ3v) is 5.25. The smallest absolute Gasteiger partial charge is 0.229 e. The van der Waals surface area contributed by atoms with Gasteiger partial charge in [-0.1, -0.05) is 0 Å². The van der Waals surface area contributed by atoms with Crippen LogP contribution in [0.5, 0.6) is 28.7 Å². The normalized spacial score (nSPS) is 25.8. The first-order chi connectivity index (χ1) is 15.2. The first-order valence-electron chi connectivity index (χ1n) is 9.37. The zero-order chi connectivity index (χ0) is 23.3. The molecule has 0 radical (unpaired) electrons. The van der Waals surface area contributed by atoms with Crippen molar-refractivity contribution in [2.45, 2.75) is 30.7 Å². The van der Waals surface area contributed by atoms with Gasteiger partial charge in [0.15, 0.2) is 23.0 Å². The Morgan fingerprint density at radius 3 is 2.31 bits per heavy atom. The Morgan fingerprint density at radius 2 is 1.66 bits per heavy atom. The Kier molecular flexibility index (Phi) is 5.48. The van der Waals surface area contributed by atoms with Crippen molar-refractivity contribution < 1.29 is 54.4 Å². The molecule has 0 amide bonds. The van der Waals surface area contributed by atoms with Crippen LogP contribution in [0.3, 0.4) is 0 Å². The van der Waals surface area contributed by atoms with Crippen LogP contribution in [0.25, 0.3) is 21.9 Å². The number of methoxy groups -OCH3 is 1. The highest BCUT2D eigenvalue weighted by atomic mass is 16.7. The van der Waals surface area contributed by atoms with Gasteiger partial charge in [-0.2, -0.15) is 0 Å². The van der Waals surface area contributed by atoms with Gasteiger partial charge in [0.25, 0.3) is 0 Å². The van der Waals surface area contributed by atoms with Crippen molar-refractivity contribution in [1.82, 2.24) is 0 Å². The minimum atomic E-state index is -1.78. The van der Waals surface area contributed by atoms with E-state index in [2.05, 4.69) is 0 Å². The second kappa shape index (κ2) is 8.00. The first kappa shape index (κ1) is 21.9. The van der Waals surface area contributed by atoms with Crippen molar-refractivity contribution in [3.63, 3.8) is 0 Å². The van der Waals surface area contributed by atoms with E-state index >= 15 is 0 Å². The van der Waals surface area contributed by atoms with Gasteiger partial charge in [-0.25, -0.2) is 0 Å². The molecule has 3 aromatic rings.